The van der Waals surface area contributed by atoms with E-state index in [1.54, 1.807) is 0 Å². The summed E-state index contributed by atoms with van der Waals surface area (Å²) >= 11 is 0. The fraction of sp³-hybridized carbons (Fsp3) is 0.286. The van der Waals surface area contributed by atoms with Gasteiger partial charge in [0.05, 0.1) is 21.9 Å². The van der Waals surface area contributed by atoms with Crippen LogP contribution < -0.4 is 4.74 Å². The maximum Gasteiger partial charge on any atom is 0.243 e. The molecule has 36 heavy (non-hydrogen) atoms. The van der Waals surface area contributed by atoms with Crippen molar-refractivity contribution in [3.8, 4) is 17.6 Å². The van der Waals surface area contributed by atoms with Gasteiger partial charge in [-0.1, -0.05) is 30.3 Å². The van der Waals surface area contributed by atoms with Crippen molar-refractivity contribution in [3.63, 3.8) is 0 Å². The number of para-hydroxylation sites is 1. The van der Waals surface area contributed by atoms with Crippen molar-refractivity contribution in [3.05, 3.63) is 90.0 Å². The van der Waals surface area contributed by atoms with E-state index >= 15 is 0 Å². The van der Waals surface area contributed by atoms with Gasteiger partial charge in [-0.25, -0.2) is 8.42 Å². The molecule has 0 aliphatic carbocycles. The molecule has 5 rings (SSSR count). The average Bonchev–Trinajstić information content (AvgIpc) is 3.20. The molecule has 0 radical (unpaired) electrons. The number of amides is 1. The fourth-order valence-electron chi connectivity index (χ4n) is 5.08. The number of ether oxygens (including phenoxy) is 1. The zero-order chi connectivity index (χ0) is 25.2. The maximum atomic E-state index is 13.5. The molecule has 8 heteroatoms. The highest BCUT2D eigenvalue weighted by Gasteiger charge is 2.50. The summed E-state index contributed by atoms with van der Waals surface area (Å²) in [6.07, 6.45) is 1.96. The van der Waals surface area contributed by atoms with Gasteiger partial charge >= 0.3 is 0 Å². The molecule has 2 fully saturated rings. The van der Waals surface area contributed by atoms with Crippen LogP contribution in [0.5, 0.6) is 11.5 Å². The van der Waals surface area contributed by atoms with E-state index in [1.165, 1.54) is 28.6 Å². The lowest BCUT2D eigenvalue weighted by Crippen LogP contribution is -2.49. The Labute approximate surface area is 211 Å². The highest BCUT2D eigenvalue weighted by molar-refractivity contribution is 7.89. The molecule has 0 saturated carbocycles. The van der Waals surface area contributed by atoms with Crippen LogP contribution in [0.25, 0.3) is 0 Å². The van der Waals surface area contributed by atoms with Crippen LogP contribution in [0.4, 0.5) is 0 Å². The Hall–Kier alpha value is -3.67. The van der Waals surface area contributed by atoms with Crippen molar-refractivity contribution in [2.24, 2.45) is 5.41 Å². The first kappa shape index (κ1) is 24.0. The van der Waals surface area contributed by atoms with Crippen LogP contribution in [-0.4, -0.2) is 43.2 Å². The molecule has 2 aliphatic rings. The van der Waals surface area contributed by atoms with E-state index in [2.05, 4.69) is 0 Å². The predicted octanol–water partition coefficient (Wildman–Crippen LogP) is 4.55. The SMILES string of the molecule is N#Cc1ccc(S(=O)(=O)N2CCCC3(CCN(Cc4ccc(Oc5ccccc5)cc4)C3=O)C2)cc1. The molecular formula is C28H27N3O4S. The second-order valence-corrected chi connectivity index (χ2v) is 11.3. The Balaban J connectivity index is 1.26. The minimum atomic E-state index is -3.74. The Morgan fingerprint density at radius 1 is 0.889 bits per heavy atom. The third-order valence-electron chi connectivity index (χ3n) is 7.04. The third kappa shape index (κ3) is 4.72. The Morgan fingerprint density at radius 2 is 1.58 bits per heavy atom. The zero-order valence-electron chi connectivity index (χ0n) is 19.8. The number of carbonyl (C=O) groups is 1. The van der Waals surface area contributed by atoms with Gasteiger partial charge in [0.1, 0.15) is 11.5 Å². The first-order valence-corrected chi connectivity index (χ1v) is 13.5. The fourth-order valence-corrected chi connectivity index (χ4v) is 6.64. The molecule has 2 saturated heterocycles. The van der Waals surface area contributed by atoms with Gasteiger partial charge in [0, 0.05) is 26.2 Å². The number of rotatable bonds is 6. The summed E-state index contributed by atoms with van der Waals surface area (Å²) in [6, 6.07) is 25.2. The van der Waals surface area contributed by atoms with Crippen LogP contribution >= 0.6 is 0 Å². The minimum absolute atomic E-state index is 0.0202. The van der Waals surface area contributed by atoms with Gasteiger partial charge in [0.25, 0.3) is 0 Å². The summed E-state index contributed by atoms with van der Waals surface area (Å²) in [6.45, 7) is 1.66. The maximum absolute atomic E-state index is 13.5. The Bertz CT molecular complexity index is 1380. The van der Waals surface area contributed by atoms with Gasteiger partial charge < -0.3 is 9.64 Å². The van der Waals surface area contributed by atoms with Crippen molar-refractivity contribution >= 4 is 15.9 Å². The highest BCUT2D eigenvalue weighted by Crippen LogP contribution is 2.42. The molecule has 184 valence electrons. The smallest absolute Gasteiger partial charge is 0.243 e. The molecule has 1 atom stereocenters. The highest BCUT2D eigenvalue weighted by atomic mass is 32.2. The number of carbonyl (C=O) groups excluding carboxylic acids is 1. The third-order valence-corrected chi connectivity index (χ3v) is 8.90. The van der Waals surface area contributed by atoms with E-state index < -0.39 is 15.4 Å². The minimum Gasteiger partial charge on any atom is -0.457 e. The number of hydrogen-bond acceptors (Lipinski definition) is 5. The molecule has 7 nitrogen and oxygen atoms in total. The summed E-state index contributed by atoms with van der Waals surface area (Å²) in [5, 5.41) is 8.99. The molecular weight excluding hydrogens is 474 g/mol. The molecule has 2 heterocycles. The average molecular weight is 502 g/mol. The molecule has 1 amide bonds. The lowest BCUT2D eigenvalue weighted by Gasteiger charge is -2.38. The summed E-state index contributed by atoms with van der Waals surface area (Å²) in [4.78, 5) is 15.5. The topological polar surface area (TPSA) is 90.7 Å². The monoisotopic (exact) mass is 501 g/mol. The predicted molar refractivity (Wildman–Crippen MR) is 135 cm³/mol. The van der Waals surface area contributed by atoms with Crippen LogP contribution in [0, 0.1) is 16.7 Å². The normalized spacial score (nSPS) is 20.4. The number of nitriles is 1. The van der Waals surface area contributed by atoms with Crippen LogP contribution in [-0.2, 0) is 21.4 Å². The number of nitrogens with zero attached hydrogens (tertiary/aromatic N) is 3. The van der Waals surface area contributed by atoms with Crippen molar-refractivity contribution in [2.75, 3.05) is 19.6 Å². The summed E-state index contributed by atoms with van der Waals surface area (Å²) in [7, 11) is -3.74. The van der Waals surface area contributed by atoms with E-state index in [9.17, 15) is 13.2 Å². The van der Waals surface area contributed by atoms with Gasteiger partial charge in [-0.15, -0.1) is 0 Å². The van der Waals surface area contributed by atoms with Crippen LogP contribution in [0.15, 0.2) is 83.8 Å². The van der Waals surface area contributed by atoms with E-state index in [0.29, 0.717) is 44.5 Å². The van der Waals surface area contributed by atoms with Gasteiger partial charge in [-0.2, -0.15) is 9.57 Å². The Kier molecular flexibility index (Phi) is 6.52. The number of hydrogen-bond donors (Lipinski definition) is 0. The van der Waals surface area contributed by atoms with Crippen LogP contribution in [0.1, 0.15) is 30.4 Å². The summed E-state index contributed by atoms with van der Waals surface area (Å²) < 4.78 is 33.8. The van der Waals surface area contributed by atoms with Crippen molar-refractivity contribution in [2.45, 2.75) is 30.7 Å². The first-order chi connectivity index (χ1) is 17.4. The van der Waals surface area contributed by atoms with Crippen LogP contribution in [0.3, 0.4) is 0 Å². The quantitative estimate of drug-likeness (QED) is 0.494. The molecule has 3 aromatic rings. The Morgan fingerprint density at radius 3 is 2.28 bits per heavy atom. The van der Waals surface area contributed by atoms with E-state index in [1.807, 2.05) is 65.6 Å². The largest absolute Gasteiger partial charge is 0.457 e. The van der Waals surface area contributed by atoms with Crippen LogP contribution in [0.2, 0.25) is 0 Å². The van der Waals surface area contributed by atoms with Gasteiger partial charge in [0.2, 0.25) is 15.9 Å². The molecule has 0 aromatic heterocycles. The van der Waals surface area contributed by atoms with E-state index in [-0.39, 0.29) is 17.3 Å². The zero-order valence-corrected chi connectivity index (χ0v) is 20.7. The summed E-state index contributed by atoms with van der Waals surface area (Å²) in [5.74, 6) is 1.51. The van der Waals surface area contributed by atoms with Gasteiger partial charge in [0.15, 0.2) is 0 Å². The molecule has 0 N–H and O–H groups in total. The number of likely N-dealkylation sites (tertiary alicyclic amines) is 1. The van der Waals surface area contributed by atoms with Gasteiger partial charge in [-0.3, -0.25) is 4.79 Å². The lowest BCUT2D eigenvalue weighted by molar-refractivity contribution is -0.138. The molecule has 2 aliphatic heterocycles. The van der Waals surface area contributed by atoms with Gasteiger partial charge in [-0.05, 0) is 73.4 Å². The number of piperidine rings is 1. The molecule has 1 unspecified atom stereocenters. The summed E-state index contributed by atoms with van der Waals surface area (Å²) in [5.41, 5.74) is 0.720. The molecule has 0 bridgehead atoms. The second-order valence-electron chi connectivity index (χ2n) is 9.39. The second kappa shape index (κ2) is 9.76. The molecule has 3 aromatic carbocycles. The number of benzene rings is 3. The van der Waals surface area contributed by atoms with Crippen molar-refractivity contribution in [1.82, 2.24) is 9.21 Å². The van der Waals surface area contributed by atoms with E-state index in [0.717, 1.165) is 17.1 Å². The van der Waals surface area contributed by atoms with E-state index in [4.69, 9.17) is 10.00 Å². The van der Waals surface area contributed by atoms with Crippen molar-refractivity contribution < 1.29 is 17.9 Å². The first-order valence-electron chi connectivity index (χ1n) is 12.0. The number of sulfonamides is 1. The standard InChI is InChI=1S/C28H27N3O4S/c29-19-22-9-13-26(14-10-22)36(33,34)31-17-4-15-28(21-31)16-18-30(27(28)32)20-23-7-11-25(12-8-23)35-24-5-2-1-3-6-24/h1-3,5-14H,4,15-18,20-21H2. The van der Waals surface area contributed by atoms with Crippen molar-refractivity contribution in [1.29, 1.82) is 5.26 Å². The lowest BCUT2D eigenvalue weighted by atomic mass is 9.79. The molecule has 1 spiro atoms.